The smallest absolute Gasteiger partial charge is 0.294 e. The minimum Gasteiger partial charge on any atom is -0.429 e. The summed E-state index contributed by atoms with van der Waals surface area (Å²) in [6.45, 7) is 3.43. The number of pyridine rings is 1. The van der Waals surface area contributed by atoms with Gasteiger partial charge >= 0.3 is 0 Å². The lowest BCUT2D eigenvalue weighted by atomic mass is 9.84. The van der Waals surface area contributed by atoms with Crippen LogP contribution in [0.3, 0.4) is 0 Å². The summed E-state index contributed by atoms with van der Waals surface area (Å²) >= 11 is 5.86. The fraction of sp³-hybridized carbons (Fsp3) is 0.435. The van der Waals surface area contributed by atoms with E-state index in [-0.39, 0.29) is 29.0 Å². The molecule has 10 nitrogen and oxygen atoms in total. The van der Waals surface area contributed by atoms with Crippen molar-refractivity contribution in [3.05, 3.63) is 41.5 Å². The summed E-state index contributed by atoms with van der Waals surface area (Å²) in [7, 11) is 0. The number of rotatable bonds is 5. The van der Waals surface area contributed by atoms with Crippen LogP contribution in [-0.2, 0) is 9.53 Å². The van der Waals surface area contributed by atoms with Gasteiger partial charge in [-0.1, -0.05) is 11.6 Å². The molecule has 4 heterocycles. The number of ether oxygens (including phenoxy) is 1. The van der Waals surface area contributed by atoms with Gasteiger partial charge in [0.15, 0.2) is 5.52 Å². The van der Waals surface area contributed by atoms with Gasteiger partial charge in [-0.15, -0.1) is 0 Å². The molecule has 0 bridgehead atoms. The molecule has 2 N–H and O–H groups in total. The van der Waals surface area contributed by atoms with Gasteiger partial charge in [-0.25, -0.2) is 15.0 Å². The number of halogens is 1. The number of anilines is 2. The number of morpholine rings is 1. The van der Waals surface area contributed by atoms with Crippen molar-refractivity contribution in [2.45, 2.75) is 31.7 Å². The van der Waals surface area contributed by atoms with Gasteiger partial charge in [-0.3, -0.25) is 14.5 Å². The van der Waals surface area contributed by atoms with E-state index in [0.29, 0.717) is 22.4 Å². The Morgan fingerprint density at radius 3 is 2.50 bits per heavy atom. The first-order valence-electron chi connectivity index (χ1n) is 11.4. The molecule has 0 aromatic carbocycles. The zero-order chi connectivity index (χ0) is 23.5. The fourth-order valence-electron chi connectivity index (χ4n) is 4.60. The van der Waals surface area contributed by atoms with Gasteiger partial charge in [-0.2, -0.15) is 0 Å². The summed E-state index contributed by atoms with van der Waals surface area (Å²) in [6, 6.07) is 3.67. The Balaban J connectivity index is 1.30. The molecule has 11 heteroatoms. The first-order chi connectivity index (χ1) is 16.6. The van der Waals surface area contributed by atoms with Crippen LogP contribution in [0.25, 0.3) is 11.2 Å². The molecule has 0 spiro atoms. The maximum Gasteiger partial charge on any atom is 0.294 e. The highest BCUT2D eigenvalue weighted by molar-refractivity contribution is 6.30. The van der Waals surface area contributed by atoms with Gasteiger partial charge in [0.05, 0.1) is 18.2 Å². The van der Waals surface area contributed by atoms with E-state index in [9.17, 15) is 9.59 Å². The van der Waals surface area contributed by atoms with Gasteiger partial charge in [0.25, 0.3) is 5.91 Å². The quantitative estimate of drug-likeness (QED) is 0.565. The molecule has 0 unspecified atom stereocenters. The summed E-state index contributed by atoms with van der Waals surface area (Å²) in [4.78, 5) is 41.1. The van der Waals surface area contributed by atoms with E-state index in [1.165, 1.54) is 18.6 Å². The van der Waals surface area contributed by atoms with E-state index in [4.69, 9.17) is 20.8 Å². The lowest BCUT2D eigenvalue weighted by molar-refractivity contribution is -0.121. The molecule has 2 amide bonds. The molecule has 178 valence electrons. The first-order valence-corrected chi connectivity index (χ1v) is 11.8. The van der Waals surface area contributed by atoms with Crippen LogP contribution in [0.4, 0.5) is 11.5 Å². The predicted molar refractivity (Wildman–Crippen MR) is 126 cm³/mol. The van der Waals surface area contributed by atoms with Gasteiger partial charge in [0.1, 0.15) is 11.5 Å². The molecular formula is C23H25ClN6O4. The number of hydrogen-bond acceptors (Lipinski definition) is 8. The maximum absolute atomic E-state index is 13.2. The molecule has 34 heavy (non-hydrogen) atoms. The number of nitrogens with zero attached hydrogens (tertiary/aromatic N) is 4. The van der Waals surface area contributed by atoms with E-state index in [2.05, 4.69) is 30.5 Å². The monoisotopic (exact) mass is 484 g/mol. The Hall–Kier alpha value is -3.08. The van der Waals surface area contributed by atoms with Crippen LogP contribution in [0.2, 0.25) is 5.02 Å². The zero-order valence-corrected chi connectivity index (χ0v) is 19.3. The second-order valence-corrected chi connectivity index (χ2v) is 8.91. The highest BCUT2D eigenvalue weighted by Crippen LogP contribution is 2.32. The summed E-state index contributed by atoms with van der Waals surface area (Å²) in [5.74, 6) is -0.635. The Labute approximate surface area is 201 Å². The fourth-order valence-corrected chi connectivity index (χ4v) is 4.71. The normalized spacial score (nSPS) is 21.3. The third-order valence-electron chi connectivity index (χ3n) is 6.38. The number of carbonyl (C=O) groups excluding carboxylic acids is 2. The standard InChI is InChI=1S/C23H25ClN6O4/c24-15-3-6-17(27-13-15)28-22(32)20-18(19-23(34-20)26-8-7-25-19)29-21(31)14-1-4-16(5-2-14)30-9-11-33-12-10-30/h3,6-8,13-14,16H,1-2,4-5,9-12H2,(H,29,31)(H,27,28,32)/t14-,16-. The lowest BCUT2D eigenvalue weighted by Gasteiger charge is -2.38. The Morgan fingerprint density at radius 1 is 1.00 bits per heavy atom. The molecule has 1 aliphatic carbocycles. The van der Waals surface area contributed by atoms with E-state index < -0.39 is 5.91 Å². The second kappa shape index (κ2) is 10.0. The van der Waals surface area contributed by atoms with Gasteiger partial charge < -0.3 is 19.8 Å². The van der Waals surface area contributed by atoms with Gasteiger partial charge in [0, 0.05) is 43.6 Å². The number of nitrogens with one attached hydrogen (secondary N) is 2. The average Bonchev–Trinajstić information content (AvgIpc) is 3.24. The van der Waals surface area contributed by atoms with Crippen molar-refractivity contribution in [2.75, 3.05) is 36.9 Å². The van der Waals surface area contributed by atoms with Crippen LogP contribution in [0, 0.1) is 5.92 Å². The summed E-state index contributed by atoms with van der Waals surface area (Å²) in [5.41, 5.74) is 0.713. The van der Waals surface area contributed by atoms with E-state index in [0.717, 1.165) is 52.0 Å². The Bertz CT molecular complexity index is 1170. The molecule has 0 atom stereocenters. The highest BCUT2D eigenvalue weighted by atomic mass is 35.5. The summed E-state index contributed by atoms with van der Waals surface area (Å²) in [5, 5.41) is 6.01. The third kappa shape index (κ3) is 4.89. The number of hydrogen-bond donors (Lipinski definition) is 2. The van der Waals surface area contributed by atoms with Gasteiger partial charge in [-0.05, 0) is 37.8 Å². The van der Waals surface area contributed by atoms with Crippen LogP contribution in [0.15, 0.2) is 35.1 Å². The molecule has 3 aromatic rings. The molecule has 3 aromatic heterocycles. The van der Waals surface area contributed by atoms with Crippen molar-refractivity contribution < 1.29 is 18.7 Å². The van der Waals surface area contributed by atoms with Crippen molar-refractivity contribution in [1.82, 2.24) is 19.9 Å². The third-order valence-corrected chi connectivity index (χ3v) is 6.60. The van der Waals surface area contributed by atoms with E-state index >= 15 is 0 Å². The van der Waals surface area contributed by atoms with Crippen LogP contribution in [0.1, 0.15) is 36.2 Å². The molecule has 5 rings (SSSR count). The first kappa shape index (κ1) is 22.7. The molecular weight excluding hydrogens is 460 g/mol. The molecule has 0 radical (unpaired) electrons. The molecule has 1 saturated carbocycles. The van der Waals surface area contributed by atoms with E-state index in [1.807, 2.05) is 0 Å². The number of furan rings is 1. The van der Waals surface area contributed by atoms with Gasteiger partial charge in [0.2, 0.25) is 17.4 Å². The predicted octanol–water partition coefficient (Wildman–Crippen LogP) is 3.35. The largest absolute Gasteiger partial charge is 0.429 e. The number of fused-ring (bicyclic) bond motifs is 1. The van der Waals surface area contributed by atoms with E-state index in [1.54, 1.807) is 12.1 Å². The van der Waals surface area contributed by atoms with Crippen LogP contribution in [-0.4, -0.2) is 64.0 Å². The average molecular weight is 485 g/mol. The Kier molecular flexibility index (Phi) is 6.70. The SMILES string of the molecule is O=C(Nc1ccc(Cl)cn1)c1oc2nccnc2c1NC(=O)[C@H]1CC[C@H](N2CCOCC2)CC1. The molecule has 1 saturated heterocycles. The highest BCUT2D eigenvalue weighted by Gasteiger charge is 2.32. The van der Waals surface area contributed by atoms with Crippen molar-refractivity contribution in [3.63, 3.8) is 0 Å². The van der Waals surface area contributed by atoms with Crippen molar-refractivity contribution in [2.24, 2.45) is 5.92 Å². The lowest BCUT2D eigenvalue weighted by Crippen LogP contribution is -2.45. The Morgan fingerprint density at radius 2 is 1.76 bits per heavy atom. The zero-order valence-electron chi connectivity index (χ0n) is 18.5. The van der Waals surface area contributed by atoms with Crippen molar-refractivity contribution >= 4 is 46.2 Å². The minimum atomic E-state index is -0.569. The summed E-state index contributed by atoms with van der Waals surface area (Å²) < 4.78 is 11.1. The number of amides is 2. The van der Waals surface area contributed by atoms with Crippen LogP contribution >= 0.6 is 11.6 Å². The summed E-state index contributed by atoms with van der Waals surface area (Å²) in [6.07, 6.45) is 7.86. The second-order valence-electron chi connectivity index (χ2n) is 8.48. The number of carbonyl (C=O) groups is 2. The maximum atomic E-state index is 13.2. The van der Waals surface area contributed by atoms with Crippen LogP contribution < -0.4 is 10.6 Å². The minimum absolute atomic E-state index is 0.0756. The molecule has 2 fully saturated rings. The molecule has 1 aliphatic heterocycles. The van der Waals surface area contributed by atoms with Crippen molar-refractivity contribution in [1.29, 1.82) is 0 Å². The molecule has 2 aliphatic rings. The van der Waals surface area contributed by atoms with Crippen molar-refractivity contribution in [3.8, 4) is 0 Å². The van der Waals surface area contributed by atoms with Crippen LogP contribution in [0.5, 0.6) is 0 Å². The topological polar surface area (TPSA) is 122 Å². The number of aromatic nitrogens is 3.